The van der Waals surface area contributed by atoms with Gasteiger partial charge >= 0.3 is 0 Å². The van der Waals surface area contributed by atoms with Crippen molar-refractivity contribution in [1.82, 2.24) is 10.2 Å². The maximum Gasteiger partial charge on any atom is 0.0415 e. The molecule has 1 aliphatic rings. The van der Waals surface area contributed by atoms with Crippen molar-refractivity contribution >= 4 is 21.6 Å². The third kappa shape index (κ3) is 3.30. The summed E-state index contributed by atoms with van der Waals surface area (Å²) >= 11 is 3.58. The Morgan fingerprint density at radius 2 is 2.16 bits per heavy atom. The fourth-order valence-electron chi connectivity index (χ4n) is 2.70. The van der Waals surface area contributed by atoms with Gasteiger partial charge in [0.25, 0.3) is 0 Å². The van der Waals surface area contributed by atoms with Crippen molar-refractivity contribution in [3.63, 3.8) is 0 Å². The quantitative estimate of drug-likeness (QED) is 0.918. The van der Waals surface area contributed by atoms with E-state index in [1.54, 1.807) is 0 Å². The molecule has 0 aliphatic carbocycles. The van der Waals surface area contributed by atoms with Gasteiger partial charge in [0.1, 0.15) is 0 Å². The highest BCUT2D eigenvalue weighted by Crippen LogP contribution is 2.32. The minimum atomic E-state index is 0.367. The molecule has 1 aromatic carbocycles. The summed E-state index contributed by atoms with van der Waals surface area (Å²) in [5, 5.41) is 3.35. The van der Waals surface area contributed by atoms with E-state index in [4.69, 9.17) is 0 Å². The second-order valence-electron chi connectivity index (χ2n) is 5.57. The summed E-state index contributed by atoms with van der Waals surface area (Å²) in [6, 6.07) is 7.65. The lowest BCUT2D eigenvalue weighted by Crippen LogP contribution is -2.32. The van der Waals surface area contributed by atoms with Crippen molar-refractivity contribution in [2.45, 2.75) is 25.4 Å². The van der Waals surface area contributed by atoms with Crippen molar-refractivity contribution in [3.8, 4) is 0 Å². The molecule has 1 heterocycles. The van der Waals surface area contributed by atoms with Crippen LogP contribution in [-0.4, -0.2) is 45.2 Å². The van der Waals surface area contributed by atoms with Gasteiger partial charge in [-0.3, -0.25) is 0 Å². The lowest BCUT2D eigenvalue weighted by Gasteiger charge is -2.26. The van der Waals surface area contributed by atoms with E-state index in [2.05, 4.69) is 70.3 Å². The fourth-order valence-corrected chi connectivity index (χ4v) is 3.08. The van der Waals surface area contributed by atoms with Gasteiger partial charge in [0, 0.05) is 35.3 Å². The molecule has 2 rings (SSSR count). The minimum absolute atomic E-state index is 0.367. The standard InChI is InChI=1S/C15H24BrN3/c1-11(17-2)14-9-12(16)5-6-15(14)19-8-7-13(10-19)18(3)4/h5-6,9,11,13,17H,7-8,10H2,1-4H3. The second kappa shape index (κ2) is 6.25. The third-order valence-corrected chi connectivity index (χ3v) is 4.62. The first-order valence-corrected chi connectivity index (χ1v) is 7.70. The SMILES string of the molecule is CNC(C)c1cc(Br)ccc1N1CCC(N(C)C)C1. The number of anilines is 1. The molecule has 0 amide bonds. The maximum atomic E-state index is 3.58. The van der Waals surface area contributed by atoms with E-state index in [1.807, 2.05) is 7.05 Å². The highest BCUT2D eigenvalue weighted by Gasteiger charge is 2.26. The van der Waals surface area contributed by atoms with Gasteiger partial charge in [-0.1, -0.05) is 15.9 Å². The third-order valence-electron chi connectivity index (χ3n) is 4.12. The van der Waals surface area contributed by atoms with Gasteiger partial charge in [0.2, 0.25) is 0 Å². The largest absolute Gasteiger partial charge is 0.370 e. The molecule has 1 saturated heterocycles. The van der Waals surface area contributed by atoms with E-state index >= 15 is 0 Å². The van der Waals surface area contributed by atoms with Crippen LogP contribution in [0.5, 0.6) is 0 Å². The molecule has 0 saturated carbocycles. The Kier molecular flexibility index (Phi) is 4.87. The average Bonchev–Trinajstić information content (AvgIpc) is 2.87. The zero-order chi connectivity index (χ0) is 14.0. The number of rotatable bonds is 4. The Morgan fingerprint density at radius 1 is 1.42 bits per heavy atom. The number of likely N-dealkylation sites (N-methyl/N-ethyl adjacent to an activating group) is 1. The molecule has 4 heteroatoms. The topological polar surface area (TPSA) is 18.5 Å². The van der Waals surface area contributed by atoms with Crippen LogP contribution in [0.1, 0.15) is 24.9 Å². The number of halogens is 1. The van der Waals surface area contributed by atoms with Gasteiger partial charge in [-0.2, -0.15) is 0 Å². The van der Waals surface area contributed by atoms with Crippen molar-refractivity contribution in [3.05, 3.63) is 28.2 Å². The monoisotopic (exact) mass is 325 g/mol. The zero-order valence-corrected chi connectivity index (χ0v) is 13.9. The van der Waals surface area contributed by atoms with Crippen LogP contribution in [0.15, 0.2) is 22.7 Å². The summed E-state index contributed by atoms with van der Waals surface area (Å²) in [5.74, 6) is 0. The number of nitrogens with zero attached hydrogens (tertiary/aromatic N) is 2. The number of benzene rings is 1. The summed E-state index contributed by atoms with van der Waals surface area (Å²) in [4.78, 5) is 4.85. The molecule has 19 heavy (non-hydrogen) atoms. The Morgan fingerprint density at radius 3 is 2.74 bits per heavy atom. The number of hydrogen-bond donors (Lipinski definition) is 1. The van der Waals surface area contributed by atoms with Crippen LogP contribution in [0.25, 0.3) is 0 Å². The van der Waals surface area contributed by atoms with E-state index in [0.29, 0.717) is 12.1 Å². The van der Waals surface area contributed by atoms with Gasteiger partial charge < -0.3 is 15.1 Å². The maximum absolute atomic E-state index is 3.58. The Balaban J connectivity index is 2.25. The van der Waals surface area contributed by atoms with Crippen molar-refractivity contribution < 1.29 is 0 Å². The lowest BCUT2D eigenvalue weighted by atomic mass is 10.1. The molecule has 0 spiro atoms. The molecule has 0 aromatic heterocycles. The normalized spacial score (nSPS) is 21.2. The highest BCUT2D eigenvalue weighted by molar-refractivity contribution is 9.10. The molecule has 3 nitrogen and oxygen atoms in total. The lowest BCUT2D eigenvalue weighted by molar-refractivity contribution is 0.315. The van der Waals surface area contributed by atoms with Gasteiger partial charge in [-0.25, -0.2) is 0 Å². The Bertz CT molecular complexity index is 433. The van der Waals surface area contributed by atoms with Crippen LogP contribution in [0.2, 0.25) is 0 Å². The molecular formula is C15H24BrN3. The van der Waals surface area contributed by atoms with Gasteiger partial charge in [0.15, 0.2) is 0 Å². The smallest absolute Gasteiger partial charge is 0.0415 e. The molecular weight excluding hydrogens is 302 g/mol. The van der Waals surface area contributed by atoms with Crippen molar-refractivity contribution in [2.75, 3.05) is 39.1 Å². The average molecular weight is 326 g/mol. The van der Waals surface area contributed by atoms with Crippen molar-refractivity contribution in [2.24, 2.45) is 0 Å². The predicted molar refractivity (Wildman–Crippen MR) is 85.9 cm³/mol. The first-order chi connectivity index (χ1) is 9.02. The van der Waals surface area contributed by atoms with Gasteiger partial charge in [-0.05, 0) is 58.3 Å². The molecule has 1 aliphatic heterocycles. The molecule has 2 atom stereocenters. The van der Waals surface area contributed by atoms with Crippen molar-refractivity contribution in [1.29, 1.82) is 0 Å². The molecule has 0 radical (unpaired) electrons. The summed E-state index contributed by atoms with van der Waals surface area (Å²) < 4.78 is 1.15. The van der Waals surface area contributed by atoms with E-state index in [0.717, 1.165) is 17.6 Å². The van der Waals surface area contributed by atoms with Gasteiger partial charge in [-0.15, -0.1) is 0 Å². The van der Waals surface area contributed by atoms with E-state index < -0.39 is 0 Å². The molecule has 1 aromatic rings. The second-order valence-corrected chi connectivity index (χ2v) is 6.48. The minimum Gasteiger partial charge on any atom is -0.370 e. The molecule has 1 fully saturated rings. The molecule has 2 unspecified atom stereocenters. The first-order valence-electron chi connectivity index (χ1n) is 6.91. The Labute approximate surface area is 125 Å². The summed E-state index contributed by atoms with van der Waals surface area (Å²) in [5.41, 5.74) is 2.74. The molecule has 0 bridgehead atoms. The number of nitrogens with one attached hydrogen (secondary N) is 1. The molecule has 106 valence electrons. The highest BCUT2D eigenvalue weighted by atomic mass is 79.9. The Hall–Kier alpha value is -0.580. The first kappa shape index (κ1) is 14.8. The van der Waals surface area contributed by atoms with Crippen LogP contribution in [0, 0.1) is 0 Å². The summed E-state index contributed by atoms with van der Waals surface area (Å²) in [7, 11) is 6.36. The van der Waals surface area contributed by atoms with Crippen LogP contribution in [-0.2, 0) is 0 Å². The number of hydrogen-bond acceptors (Lipinski definition) is 3. The fraction of sp³-hybridized carbons (Fsp3) is 0.600. The van der Waals surface area contributed by atoms with E-state index in [9.17, 15) is 0 Å². The van der Waals surface area contributed by atoms with Crippen LogP contribution in [0.3, 0.4) is 0 Å². The predicted octanol–water partition coefficient (Wildman–Crippen LogP) is 2.87. The van der Waals surface area contributed by atoms with Crippen LogP contribution in [0.4, 0.5) is 5.69 Å². The van der Waals surface area contributed by atoms with Crippen LogP contribution >= 0.6 is 15.9 Å². The zero-order valence-electron chi connectivity index (χ0n) is 12.3. The van der Waals surface area contributed by atoms with Gasteiger partial charge in [0.05, 0.1) is 0 Å². The molecule has 1 N–H and O–H groups in total. The van der Waals surface area contributed by atoms with Crippen LogP contribution < -0.4 is 10.2 Å². The summed E-state index contributed by atoms with van der Waals surface area (Å²) in [6.45, 7) is 4.48. The van der Waals surface area contributed by atoms with E-state index in [1.165, 1.54) is 17.7 Å². The summed E-state index contributed by atoms with van der Waals surface area (Å²) in [6.07, 6.45) is 1.25. The van der Waals surface area contributed by atoms with E-state index in [-0.39, 0.29) is 0 Å².